The third kappa shape index (κ3) is 1.50. The Morgan fingerprint density at radius 2 is 1.85 bits per heavy atom. The first kappa shape index (κ1) is 10.3. The molecule has 0 N–H and O–H groups in total. The normalized spacial score (nSPS) is 11.3. The molecule has 0 aromatic carbocycles. The van der Waals surface area contributed by atoms with Crippen LogP contribution in [0.25, 0.3) is 0 Å². The molecule has 0 saturated heterocycles. The highest BCUT2D eigenvalue weighted by atomic mass is 15.2. The lowest BCUT2D eigenvalue weighted by molar-refractivity contribution is -0.685. The molecule has 0 unspecified atom stereocenters. The quantitative estimate of drug-likeness (QED) is 0.618. The average molecular weight is 181 g/mol. The van der Waals surface area contributed by atoms with Gasteiger partial charge < -0.3 is 0 Å². The van der Waals surface area contributed by atoms with Crippen molar-refractivity contribution in [1.82, 2.24) is 4.57 Å². The fourth-order valence-corrected chi connectivity index (χ4v) is 2.06. The Morgan fingerprint density at radius 1 is 1.31 bits per heavy atom. The van der Waals surface area contributed by atoms with Crippen LogP contribution < -0.4 is 4.57 Å². The minimum Gasteiger partial charge on any atom is -0.234 e. The van der Waals surface area contributed by atoms with Crippen molar-refractivity contribution >= 4 is 0 Å². The van der Waals surface area contributed by atoms with Crippen LogP contribution in [0.3, 0.4) is 0 Å². The molecule has 0 aliphatic carbocycles. The van der Waals surface area contributed by atoms with E-state index in [2.05, 4.69) is 50.8 Å². The minimum atomic E-state index is 0.595. The van der Waals surface area contributed by atoms with Crippen LogP contribution in [0.1, 0.15) is 43.9 Å². The van der Waals surface area contributed by atoms with E-state index in [0.717, 1.165) is 6.54 Å². The maximum absolute atomic E-state index is 2.40. The Morgan fingerprint density at radius 3 is 2.15 bits per heavy atom. The Kier molecular flexibility index (Phi) is 2.79. The Balaban J connectivity index is 3.39. The summed E-state index contributed by atoms with van der Waals surface area (Å²) in [6.45, 7) is 12.2. The summed E-state index contributed by atoms with van der Waals surface area (Å²) < 4.78 is 4.71. The second-order valence-corrected chi connectivity index (χ2v) is 3.99. The van der Waals surface area contributed by atoms with Gasteiger partial charge in [0.15, 0.2) is 0 Å². The summed E-state index contributed by atoms with van der Waals surface area (Å²) in [6.07, 6.45) is 0. The van der Waals surface area contributed by atoms with Gasteiger partial charge in [0.25, 0.3) is 5.82 Å². The second-order valence-electron chi connectivity index (χ2n) is 3.99. The van der Waals surface area contributed by atoms with Gasteiger partial charge in [-0.3, -0.25) is 0 Å². The fourth-order valence-electron chi connectivity index (χ4n) is 2.06. The first-order valence-electron chi connectivity index (χ1n) is 5.06. The zero-order chi connectivity index (χ0) is 10.2. The van der Waals surface area contributed by atoms with Crippen LogP contribution in [0, 0.1) is 13.8 Å². The largest absolute Gasteiger partial charge is 0.259 e. The van der Waals surface area contributed by atoms with E-state index in [9.17, 15) is 0 Å². The van der Waals surface area contributed by atoms with E-state index < -0.39 is 0 Å². The van der Waals surface area contributed by atoms with Gasteiger partial charge in [0, 0.05) is 13.8 Å². The molecule has 0 spiro atoms. The van der Waals surface area contributed by atoms with E-state index in [4.69, 9.17) is 0 Å². The zero-order valence-electron chi connectivity index (χ0n) is 9.68. The predicted molar refractivity (Wildman–Crippen MR) is 54.8 cm³/mol. The number of hydrogen-bond donors (Lipinski definition) is 0. The van der Waals surface area contributed by atoms with Crippen LogP contribution in [-0.4, -0.2) is 4.57 Å². The molecule has 1 rings (SSSR count). The van der Waals surface area contributed by atoms with Gasteiger partial charge in [-0.05, 0) is 6.92 Å². The summed E-state index contributed by atoms with van der Waals surface area (Å²) in [5.41, 5.74) is 2.78. The van der Waals surface area contributed by atoms with Crippen LogP contribution >= 0.6 is 0 Å². The van der Waals surface area contributed by atoms with Crippen molar-refractivity contribution in [3.63, 3.8) is 0 Å². The smallest absolute Gasteiger partial charge is 0.234 e. The van der Waals surface area contributed by atoms with Crippen LogP contribution in [0.2, 0.25) is 0 Å². The van der Waals surface area contributed by atoms with Crippen molar-refractivity contribution in [2.24, 2.45) is 7.05 Å². The van der Waals surface area contributed by atoms with E-state index in [-0.39, 0.29) is 0 Å². The molecule has 0 aliphatic rings. The number of imidazole rings is 1. The van der Waals surface area contributed by atoms with Gasteiger partial charge in [0.2, 0.25) is 0 Å². The Bertz CT molecular complexity index is 308. The van der Waals surface area contributed by atoms with Crippen LogP contribution in [0.5, 0.6) is 0 Å². The Hall–Kier alpha value is -0.790. The summed E-state index contributed by atoms with van der Waals surface area (Å²) in [5, 5.41) is 0. The number of aromatic nitrogens is 2. The van der Waals surface area contributed by atoms with Gasteiger partial charge in [-0.2, -0.15) is 0 Å². The molecule has 1 aromatic rings. The molecule has 0 saturated carbocycles. The van der Waals surface area contributed by atoms with Gasteiger partial charge >= 0.3 is 0 Å². The van der Waals surface area contributed by atoms with Crippen LogP contribution in [0.15, 0.2) is 0 Å². The van der Waals surface area contributed by atoms with E-state index in [1.54, 1.807) is 0 Å². The summed E-state index contributed by atoms with van der Waals surface area (Å²) in [7, 11) is 2.16. The van der Waals surface area contributed by atoms with E-state index in [1.165, 1.54) is 17.2 Å². The van der Waals surface area contributed by atoms with Crippen molar-refractivity contribution in [1.29, 1.82) is 0 Å². The van der Waals surface area contributed by atoms with Gasteiger partial charge in [0.05, 0.1) is 19.5 Å². The molecule has 2 heteroatoms. The molecule has 0 bridgehead atoms. The van der Waals surface area contributed by atoms with Crippen LogP contribution in [0.4, 0.5) is 0 Å². The average Bonchev–Trinajstić information content (AvgIpc) is 2.29. The highest BCUT2D eigenvalue weighted by molar-refractivity contribution is 5.08. The number of nitrogens with zero attached hydrogens (tertiary/aromatic N) is 2. The molecule has 0 amide bonds. The Labute approximate surface area is 81.2 Å². The van der Waals surface area contributed by atoms with Crippen LogP contribution in [-0.2, 0) is 13.6 Å². The first-order chi connectivity index (χ1) is 6.00. The number of rotatable bonds is 2. The van der Waals surface area contributed by atoms with Gasteiger partial charge in [-0.15, -0.1) is 0 Å². The zero-order valence-corrected chi connectivity index (χ0v) is 9.68. The van der Waals surface area contributed by atoms with Gasteiger partial charge in [-0.25, -0.2) is 9.13 Å². The molecule has 13 heavy (non-hydrogen) atoms. The molecule has 1 heterocycles. The molecule has 1 aromatic heterocycles. The molecule has 0 fully saturated rings. The highest BCUT2D eigenvalue weighted by Gasteiger charge is 2.23. The summed E-state index contributed by atoms with van der Waals surface area (Å²) >= 11 is 0. The SMILES string of the molecule is CCn1c(C)c(C)[n+](C)c1C(C)C. The molecule has 0 aliphatic heterocycles. The van der Waals surface area contributed by atoms with E-state index >= 15 is 0 Å². The molecule has 2 nitrogen and oxygen atoms in total. The summed E-state index contributed by atoms with van der Waals surface area (Å²) in [4.78, 5) is 0. The van der Waals surface area contributed by atoms with Crippen molar-refractivity contribution in [2.75, 3.05) is 0 Å². The molecule has 74 valence electrons. The maximum atomic E-state index is 2.40. The lowest BCUT2D eigenvalue weighted by Crippen LogP contribution is -2.35. The third-order valence-electron chi connectivity index (χ3n) is 2.88. The third-order valence-corrected chi connectivity index (χ3v) is 2.88. The lowest BCUT2D eigenvalue weighted by atomic mass is 10.2. The molecule has 0 radical (unpaired) electrons. The number of hydrogen-bond acceptors (Lipinski definition) is 0. The topological polar surface area (TPSA) is 8.81 Å². The van der Waals surface area contributed by atoms with Gasteiger partial charge in [-0.1, -0.05) is 13.8 Å². The summed E-state index contributed by atoms with van der Waals surface area (Å²) in [6, 6.07) is 0. The van der Waals surface area contributed by atoms with E-state index in [1.807, 2.05) is 0 Å². The minimum absolute atomic E-state index is 0.595. The standard InChI is InChI=1S/C11H21N2/c1-7-13-10(5)9(4)12(6)11(13)8(2)3/h8H,7H2,1-6H3/q+1. The molecule has 0 atom stereocenters. The summed E-state index contributed by atoms with van der Waals surface area (Å²) in [5.74, 6) is 2.02. The lowest BCUT2D eigenvalue weighted by Gasteiger charge is -2.03. The monoisotopic (exact) mass is 181 g/mol. The van der Waals surface area contributed by atoms with E-state index in [0.29, 0.717) is 5.92 Å². The van der Waals surface area contributed by atoms with Crippen molar-refractivity contribution in [3.8, 4) is 0 Å². The predicted octanol–water partition coefficient (Wildman–Crippen LogP) is 2.07. The second kappa shape index (κ2) is 3.52. The maximum Gasteiger partial charge on any atom is 0.259 e. The van der Waals surface area contributed by atoms with Gasteiger partial charge in [0.1, 0.15) is 11.4 Å². The molecular weight excluding hydrogens is 160 g/mol. The van der Waals surface area contributed by atoms with Crippen molar-refractivity contribution in [2.45, 2.75) is 47.1 Å². The first-order valence-corrected chi connectivity index (χ1v) is 5.06. The van der Waals surface area contributed by atoms with Crippen molar-refractivity contribution < 1.29 is 4.57 Å². The van der Waals surface area contributed by atoms with Crippen molar-refractivity contribution in [3.05, 3.63) is 17.2 Å². The molecular formula is C11H21N2+. The fraction of sp³-hybridized carbons (Fsp3) is 0.727. The highest BCUT2D eigenvalue weighted by Crippen LogP contribution is 2.15.